The fourth-order valence-electron chi connectivity index (χ4n) is 3.27. The van der Waals surface area contributed by atoms with Gasteiger partial charge in [0.25, 0.3) is 5.91 Å². The Bertz CT molecular complexity index is 841. The number of fused-ring (bicyclic) bond motifs is 1. The van der Waals surface area contributed by atoms with E-state index in [-0.39, 0.29) is 12.3 Å². The Morgan fingerprint density at radius 1 is 1.04 bits per heavy atom. The van der Waals surface area contributed by atoms with Crippen molar-refractivity contribution in [3.63, 3.8) is 0 Å². The first-order valence-electron chi connectivity index (χ1n) is 9.10. The Hall–Kier alpha value is -2.62. The van der Waals surface area contributed by atoms with Crippen molar-refractivity contribution in [1.29, 1.82) is 0 Å². The number of anilines is 1. The van der Waals surface area contributed by atoms with Crippen molar-refractivity contribution >= 4 is 17.6 Å². The molecule has 2 aromatic carbocycles. The van der Waals surface area contributed by atoms with Crippen LogP contribution in [0.25, 0.3) is 0 Å². The number of hydrogen-bond donors (Lipinski definition) is 1. The molecule has 3 rings (SSSR count). The molecule has 0 bridgehead atoms. The van der Waals surface area contributed by atoms with Gasteiger partial charge in [0.15, 0.2) is 6.10 Å². The number of rotatable bonds is 5. The third-order valence-corrected chi connectivity index (χ3v) is 4.96. The second-order valence-corrected chi connectivity index (χ2v) is 7.05. The second-order valence-electron chi connectivity index (χ2n) is 7.05. The molecule has 0 unspecified atom stereocenters. The summed E-state index contributed by atoms with van der Waals surface area (Å²) in [5.74, 6) is -0.707. The van der Waals surface area contributed by atoms with E-state index in [0.29, 0.717) is 0 Å². The number of esters is 1. The van der Waals surface area contributed by atoms with Crippen molar-refractivity contribution in [1.82, 2.24) is 0 Å². The maximum Gasteiger partial charge on any atom is 0.311 e. The van der Waals surface area contributed by atoms with Crippen LogP contribution >= 0.6 is 0 Å². The first kappa shape index (κ1) is 18.2. The summed E-state index contributed by atoms with van der Waals surface area (Å²) in [6.07, 6.45) is 2.66. The van der Waals surface area contributed by atoms with Crippen LogP contribution in [0.4, 0.5) is 5.69 Å². The summed E-state index contributed by atoms with van der Waals surface area (Å²) in [6, 6.07) is 11.9. The molecular formula is C22H25NO3. The maximum absolute atomic E-state index is 12.3. The molecule has 0 radical (unpaired) electrons. The van der Waals surface area contributed by atoms with Crippen molar-refractivity contribution in [3.8, 4) is 0 Å². The summed E-state index contributed by atoms with van der Waals surface area (Å²) in [5, 5.41) is 2.84. The number of ether oxygens (including phenoxy) is 1. The largest absolute Gasteiger partial charge is 0.452 e. The number of amides is 1. The zero-order valence-electron chi connectivity index (χ0n) is 15.6. The Morgan fingerprint density at radius 3 is 2.58 bits per heavy atom. The summed E-state index contributed by atoms with van der Waals surface area (Å²) in [7, 11) is 0. The molecule has 4 nitrogen and oxygen atoms in total. The van der Waals surface area contributed by atoms with Gasteiger partial charge < -0.3 is 10.1 Å². The van der Waals surface area contributed by atoms with E-state index < -0.39 is 12.1 Å². The topological polar surface area (TPSA) is 55.4 Å². The molecule has 1 amide bonds. The third-order valence-electron chi connectivity index (χ3n) is 4.96. The SMILES string of the molecule is Cc1ccc(CC(=O)O[C@H](C)C(=O)Nc2ccc3c(c2)CCC3)cc1C. The van der Waals surface area contributed by atoms with Gasteiger partial charge in [-0.15, -0.1) is 0 Å². The summed E-state index contributed by atoms with van der Waals surface area (Å²) < 4.78 is 5.30. The van der Waals surface area contributed by atoms with Gasteiger partial charge in [-0.05, 0) is 80.0 Å². The van der Waals surface area contributed by atoms with Crippen LogP contribution in [-0.2, 0) is 33.6 Å². The molecule has 136 valence electrons. The standard InChI is InChI=1S/C22H25NO3/c1-14-7-8-17(11-15(14)2)12-21(24)26-16(3)22(25)23-20-10-9-18-5-4-6-19(18)13-20/h7-11,13,16H,4-6,12H2,1-3H3,(H,23,25)/t16-/m1/s1. The Balaban J connectivity index is 1.54. The van der Waals surface area contributed by atoms with Gasteiger partial charge in [0, 0.05) is 5.69 Å². The van der Waals surface area contributed by atoms with Gasteiger partial charge in [-0.25, -0.2) is 0 Å². The highest BCUT2D eigenvalue weighted by Crippen LogP contribution is 2.25. The molecule has 4 heteroatoms. The number of carbonyl (C=O) groups excluding carboxylic acids is 2. The van der Waals surface area contributed by atoms with E-state index in [2.05, 4.69) is 11.4 Å². The molecule has 0 saturated carbocycles. The molecular weight excluding hydrogens is 326 g/mol. The number of aryl methyl sites for hydroxylation is 4. The highest BCUT2D eigenvalue weighted by atomic mass is 16.5. The Labute approximate surface area is 154 Å². The minimum atomic E-state index is -0.831. The van der Waals surface area contributed by atoms with Crippen LogP contribution in [0.1, 0.15) is 41.2 Å². The number of carbonyl (C=O) groups is 2. The molecule has 0 heterocycles. The predicted molar refractivity (Wildman–Crippen MR) is 102 cm³/mol. The predicted octanol–water partition coefficient (Wildman–Crippen LogP) is 3.91. The lowest BCUT2D eigenvalue weighted by Gasteiger charge is -2.14. The van der Waals surface area contributed by atoms with Crippen LogP contribution < -0.4 is 5.32 Å². The lowest BCUT2D eigenvalue weighted by molar-refractivity contribution is -0.152. The molecule has 1 aliphatic carbocycles. The monoisotopic (exact) mass is 351 g/mol. The van der Waals surface area contributed by atoms with E-state index in [1.165, 1.54) is 23.1 Å². The summed E-state index contributed by atoms with van der Waals surface area (Å²) >= 11 is 0. The first-order chi connectivity index (χ1) is 12.4. The van der Waals surface area contributed by atoms with E-state index in [1.807, 2.05) is 44.2 Å². The van der Waals surface area contributed by atoms with Gasteiger partial charge in [-0.1, -0.05) is 24.3 Å². The van der Waals surface area contributed by atoms with Gasteiger partial charge >= 0.3 is 5.97 Å². The number of hydrogen-bond acceptors (Lipinski definition) is 3. The minimum Gasteiger partial charge on any atom is -0.452 e. The minimum absolute atomic E-state index is 0.164. The molecule has 1 atom stereocenters. The summed E-state index contributed by atoms with van der Waals surface area (Å²) in [6.45, 7) is 5.64. The Kier molecular flexibility index (Phi) is 5.40. The van der Waals surface area contributed by atoms with Crippen LogP contribution in [0.5, 0.6) is 0 Å². The molecule has 0 saturated heterocycles. The highest BCUT2D eigenvalue weighted by molar-refractivity contribution is 5.95. The van der Waals surface area contributed by atoms with Crippen molar-refractivity contribution in [2.75, 3.05) is 5.32 Å². The van der Waals surface area contributed by atoms with Crippen molar-refractivity contribution in [2.24, 2.45) is 0 Å². The second kappa shape index (κ2) is 7.73. The van der Waals surface area contributed by atoms with Crippen LogP contribution in [-0.4, -0.2) is 18.0 Å². The van der Waals surface area contributed by atoms with Crippen LogP contribution in [0.15, 0.2) is 36.4 Å². The molecule has 2 aromatic rings. The lowest BCUT2D eigenvalue weighted by Crippen LogP contribution is -2.30. The summed E-state index contributed by atoms with van der Waals surface area (Å²) in [4.78, 5) is 24.4. The molecule has 26 heavy (non-hydrogen) atoms. The number of benzene rings is 2. The third kappa shape index (κ3) is 4.31. The number of nitrogens with one attached hydrogen (secondary N) is 1. The molecule has 0 fully saturated rings. The average molecular weight is 351 g/mol. The Morgan fingerprint density at radius 2 is 1.81 bits per heavy atom. The van der Waals surface area contributed by atoms with E-state index in [4.69, 9.17) is 4.74 Å². The fraction of sp³-hybridized carbons (Fsp3) is 0.364. The van der Waals surface area contributed by atoms with Gasteiger partial charge in [-0.3, -0.25) is 9.59 Å². The van der Waals surface area contributed by atoms with Gasteiger partial charge in [0.2, 0.25) is 0 Å². The van der Waals surface area contributed by atoms with Gasteiger partial charge in [-0.2, -0.15) is 0 Å². The molecule has 0 spiro atoms. The fourth-order valence-corrected chi connectivity index (χ4v) is 3.27. The van der Waals surface area contributed by atoms with E-state index in [9.17, 15) is 9.59 Å². The van der Waals surface area contributed by atoms with Crippen LogP contribution in [0, 0.1) is 13.8 Å². The van der Waals surface area contributed by atoms with Crippen molar-refractivity contribution < 1.29 is 14.3 Å². The van der Waals surface area contributed by atoms with Gasteiger partial charge in [0.05, 0.1) is 6.42 Å². The first-order valence-corrected chi connectivity index (χ1v) is 9.10. The van der Waals surface area contributed by atoms with Crippen molar-refractivity contribution in [2.45, 2.75) is 52.6 Å². The lowest BCUT2D eigenvalue weighted by atomic mass is 10.0. The van der Waals surface area contributed by atoms with E-state index in [1.54, 1.807) is 6.92 Å². The van der Waals surface area contributed by atoms with Crippen LogP contribution in [0.3, 0.4) is 0 Å². The van der Waals surface area contributed by atoms with E-state index >= 15 is 0 Å². The molecule has 1 N–H and O–H groups in total. The zero-order chi connectivity index (χ0) is 18.7. The quantitative estimate of drug-likeness (QED) is 0.831. The van der Waals surface area contributed by atoms with E-state index in [0.717, 1.165) is 29.7 Å². The zero-order valence-corrected chi connectivity index (χ0v) is 15.6. The normalized spacial score (nSPS) is 13.8. The van der Waals surface area contributed by atoms with Crippen molar-refractivity contribution in [3.05, 3.63) is 64.2 Å². The molecule has 1 aliphatic rings. The summed E-state index contributed by atoms with van der Waals surface area (Å²) in [5.41, 5.74) is 6.62. The maximum atomic E-state index is 12.3. The molecule has 0 aromatic heterocycles. The van der Waals surface area contributed by atoms with Crippen LogP contribution in [0.2, 0.25) is 0 Å². The average Bonchev–Trinajstić information content (AvgIpc) is 3.05. The van der Waals surface area contributed by atoms with Gasteiger partial charge in [0.1, 0.15) is 0 Å². The smallest absolute Gasteiger partial charge is 0.311 e. The molecule has 0 aliphatic heterocycles. The highest BCUT2D eigenvalue weighted by Gasteiger charge is 2.19.